The highest BCUT2D eigenvalue weighted by Gasteiger charge is 2.16. The van der Waals surface area contributed by atoms with E-state index in [1.807, 2.05) is 0 Å². The van der Waals surface area contributed by atoms with Gasteiger partial charge in [0.05, 0.1) is 19.7 Å². The molecular weight excluding hydrogens is 248 g/mol. The van der Waals surface area contributed by atoms with Gasteiger partial charge in [0, 0.05) is 17.7 Å². The van der Waals surface area contributed by atoms with Crippen molar-refractivity contribution in [2.75, 3.05) is 14.2 Å². The minimum Gasteiger partial charge on any atom is -0.493 e. The molecule has 0 aliphatic heterocycles. The molecule has 0 atom stereocenters. The van der Waals surface area contributed by atoms with Gasteiger partial charge >= 0.3 is 0 Å². The van der Waals surface area contributed by atoms with Gasteiger partial charge in [0.1, 0.15) is 0 Å². The number of rotatable bonds is 4. The van der Waals surface area contributed by atoms with Crippen molar-refractivity contribution in [1.82, 2.24) is 15.6 Å². The van der Waals surface area contributed by atoms with Crippen LogP contribution >= 0.6 is 0 Å². The van der Waals surface area contributed by atoms with Crippen molar-refractivity contribution in [3.63, 3.8) is 0 Å². The molecule has 0 unspecified atom stereocenters. The van der Waals surface area contributed by atoms with E-state index in [0.29, 0.717) is 22.4 Å². The van der Waals surface area contributed by atoms with Crippen LogP contribution in [0.3, 0.4) is 0 Å². The standard InChI is InChI=1S/C12H14N4O3/c1-4-13-16-12(17)11-7-5-9(18-2)10(19-3)6-8(7)14-15-11/h4-6H,1-3H3,(H,14,15)(H,16,17). The number of fused-ring (bicyclic) bond motifs is 1. The predicted octanol–water partition coefficient (Wildman–Crippen LogP) is 1.32. The van der Waals surface area contributed by atoms with Gasteiger partial charge in [-0.25, -0.2) is 5.43 Å². The number of nitrogens with zero attached hydrogens (tertiary/aromatic N) is 2. The van der Waals surface area contributed by atoms with Gasteiger partial charge in [0.2, 0.25) is 0 Å². The molecule has 1 aromatic heterocycles. The molecule has 2 N–H and O–H groups in total. The van der Waals surface area contributed by atoms with Crippen molar-refractivity contribution in [3.8, 4) is 11.5 Å². The molecule has 2 aromatic rings. The number of benzene rings is 1. The summed E-state index contributed by atoms with van der Waals surface area (Å²) in [5.41, 5.74) is 3.30. The molecule has 0 saturated carbocycles. The lowest BCUT2D eigenvalue weighted by atomic mass is 10.2. The molecule has 0 aliphatic carbocycles. The molecule has 0 fully saturated rings. The van der Waals surface area contributed by atoms with E-state index in [2.05, 4.69) is 20.7 Å². The van der Waals surface area contributed by atoms with Crippen LogP contribution in [-0.2, 0) is 0 Å². The predicted molar refractivity (Wildman–Crippen MR) is 70.8 cm³/mol. The number of aromatic amines is 1. The summed E-state index contributed by atoms with van der Waals surface area (Å²) in [5, 5.41) is 11.1. The molecule has 0 saturated heterocycles. The number of carbonyl (C=O) groups excluding carboxylic acids is 1. The fourth-order valence-electron chi connectivity index (χ4n) is 1.69. The van der Waals surface area contributed by atoms with E-state index in [9.17, 15) is 4.79 Å². The van der Waals surface area contributed by atoms with E-state index in [1.165, 1.54) is 13.3 Å². The first kappa shape index (κ1) is 12.9. The normalized spacial score (nSPS) is 10.9. The Bertz CT molecular complexity index is 633. The fourth-order valence-corrected chi connectivity index (χ4v) is 1.69. The van der Waals surface area contributed by atoms with Gasteiger partial charge < -0.3 is 9.47 Å². The van der Waals surface area contributed by atoms with Gasteiger partial charge in [-0.2, -0.15) is 10.2 Å². The molecule has 100 valence electrons. The molecule has 0 bridgehead atoms. The largest absolute Gasteiger partial charge is 0.493 e. The maximum Gasteiger partial charge on any atom is 0.292 e. The van der Waals surface area contributed by atoms with E-state index >= 15 is 0 Å². The van der Waals surface area contributed by atoms with Crippen molar-refractivity contribution >= 4 is 23.0 Å². The van der Waals surface area contributed by atoms with Gasteiger partial charge in [0.15, 0.2) is 17.2 Å². The molecule has 2 rings (SSSR count). The SMILES string of the molecule is CC=NNC(=O)c1n[nH]c2cc(OC)c(OC)cc12. The topological polar surface area (TPSA) is 88.6 Å². The number of hydrogen-bond donors (Lipinski definition) is 2. The molecule has 7 nitrogen and oxygen atoms in total. The molecule has 1 amide bonds. The maximum atomic E-state index is 11.9. The third-order valence-corrected chi connectivity index (χ3v) is 2.58. The monoisotopic (exact) mass is 262 g/mol. The van der Waals surface area contributed by atoms with E-state index in [-0.39, 0.29) is 5.69 Å². The van der Waals surface area contributed by atoms with Crippen LogP contribution < -0.4 is 14.9 Å². The first-order valence-corrected chi connectivity index (χ1v) is 5.59. The second kappa shape index (κ2) is 5.38. The third-order valence-electron chi connectivity index (χ3n) is 2.58. The Kier molecular flexibility index (Phi) is 3.65. The summed E-state index contributed by atoms with van der Waals surface area (Å²) in [6, 6.07) is 3.42. The first-order valence-electron chi connectivity index (χ1n) is 5.59. The van der Waals surface area contributed by atoms with Crippen molar-refractivity contribution in [2.24, 2.45) is 5.10 Å². The van der Waals surface area contributed by atoms with Gasteiger partial charge in [-0.3, -0.25) is 9.89 Å². The molecule has 1 heterocycles. The zero-order valence-corrected chi connectivity index (χ0v) is 10.9. The van der Waals surface area contributed by atoms with Crippen LogP contribution in [0.15, 0.2) is 17.2 Å². The molecule has 1 aromatic carbocycles. The summed E-state index contributed by atoms with van der Waals surface area (Å²) < 4.78 is 10.4. The van der Waals surface area contributed by atoms with Gasteiger partial charge in [-0.15, -0.1) is 0 Å². The summed E-state index contributed by atoms with van der Waals surface area (Å²) in [4.78, 5) is 11.9. The van der Waals surface area contributed by atoms with Crippen LogP contribution in [0.25, 0.3) is 10.9 Å². The van der Waals surface area contributed by atoms with Crippen molar-refractivity contribution in [2.45, 2.75) is 6.92 Å². The Labute approximate surface area is 109 Å². The molecule has 19 heavy (non-hydrogen) atoms. The summed E-state index contributed by atoms with van der Waals surface area (Å²) in [6.07, 6.45) is 1.48. The Morgan fingerprint density at radius 3 is 2.68 bits per heavy atom. The highest BCUT2D eigenvalue weighted by Crippen LogP contribution is 2.32. The van der Waals surface area contributed by atoms with E-state index in [4.69, 9.17) is 9.47 Å². The van der Waals surface area contributed by atoms with E-state index < -0.39 is 5.91 Å². The lowest BCUT2D eigenvalue weighted by Gasteiger charge is -2.07. The zero-order valence-electron chi connectivity index (χ0n) is 10.9. The second-order valence-corrected chi connectivity index (χ2v) is 3.65. The minimum absolute atomic E-state index is 0.251. The molecule has 0 radical (unpaired) electrons. The quantitative estimate of drug-likeness (QED) is 0.642. The van der Waals surface area contributed by atoms with Crippen LogP contribution in [0, 0.1) is 0 Å². The van der Waals surface area contributed by atoms with Crippen LogP contribution in [-0.4, -0.2) is 36.5 Å². The van der Waals surface area contributed by atoms with E-state index in [1.54, 1.807) is 26.2 Å². The van der Waals surface area contributed by atoms with Crippen LogP contribution in [0.5, 0.6) is 11.5 Å². The number of ether oxygens (including phenoxy) is 2. The molecule has 7 heteroatoms. The Morgan fingerprint density at radius 1 is 1.37 bits per heavy atom. The fraction of sp³-hybridized carbons (Fsp3) is 0.250. The number of H-pyrrole nitrogens is 1. The van der Waals surface area contributed by atoms with Crippen LogP contribution in [0.4, 0.5) is 0 Å². The third kappa shape index (κ3) is 2.35. The summed E-state index contributed by atoms with van der Waals surface area (Å²) in [5.74, 6) is 0.707. The smallest absolute Gasteiger partial charge is 0.292 e. The number of carbonyl (C=O) groups is 1. The number of hydrazone groups is 1. The highest BCUT2D eigenvalue weighted by atomic mass is 16.5. The van der Waals surface area contributed by atoms with Crippen molar-refractivity contribution in [3.05, 3.63) is 17.8 Å². The zero-order chi connectivity index (χ0) is 13.8. The number of aromatic nitrogens is 2. The van der Waals surface area contributed by atoms with Crippen molar-refractivity contribution in [1.29, 1.82) is 0 Å². The van der Waals surface area contributed by atoms with Gasteiger partial charge in [-0.1, -0.05) is 0 Å². The number of amides is 1. The molecule has 0 spiro atoms. The maximum absolute atomic E-state index is 11.9. The Morgan fingerprint density at radius 2 is 2.05 bits per heavy atom. The summed E-state index contributed by atoms with van der Waals surface area (Å²) >= 11 is 0. The number of nitrogens with one attached hydrogen (secondary N) is 2. The van der Waals surface area contributed by atoms with E-state index in [0.717, 1.165) is 0 Å². The average Bonchev–Trinajstić information content (AvgIpc) is 2.85. The second-order valence-electron chi connectivity index (χ2n) is 3.65. The number of methoxy groups -OCH3 is 2. The van der Waals surface area contributed by atoms with Gasteiger partial charge in [-0.05, 0) is 13.0 Å². The van der Waals surface area contributed by atoms with Crippen LogP contribution in [0.2, 0.25) is 0 Å². The summed E-state index contributed by atoms with van der Waals surface area (Å²) in [6.45, 7) is 1.71. The van der Waals surface area contributed by atoms with Gasteiger partial charge in [0.25, 0.3) is 5.91 Å². The molecular formula is C12H14N4O3. The summed E-state index contributed by atoms with van der Waals surface area (Å²) in [7, 11) is 3.08. The molecule has 0 aliphatic rings. The highest BCUT2D eigenvalue weighted by molar-refractivity contribution is 6.05. The Hall–Kier alpha value is -2.57. The van der Waals surface area contributed by atoms with Crippen molar-refractivity contribution < 1.29 is 14.3 Å². The Balaban J connectivity index is 2.50. The lowest BCUT2D eigenvalue weighted by molar-refractivity contribution is 0.0951. The average molecular weight is 262 g/mol. The van der Waals surface area contributed by atoms with Crippen LogP contribution in [0.1, 0.15) is 17.4 Å². The first-order chi connectivity index (χ1) is 9.21. The minimum atomic E-state index is -0.392. The number of hydrogen-bond acceptors (Lipinski definition) is 5. The lowest BCUT2D eigenvalue weighted by Crippen LogP contribution is -2.18.